The minimum atomic E-state index is 0.115. The SMILES string of the molecule is CCn1ccnc1CN1CCC(Oc2ccccc2C(=O)N2CCCCC2)CC1. The molecule has 6 nitrogen and oxygen atoms in total. The van der Waals surface area contributed by atoms with E-state index < -0.39 is 0 Å². The third-order valence-electron chi connectivity index (χ3n) is 6.10. The third kappa shape index (κ3) is 4.81. The topological polar surface area (TPSA) is 50.6 Å². The molecule has 29 heavy (non-hydrogen) atoms. The van der Waals surface area contributed by atoms with Gasteiger partial charge < -0.3 is 14.2 Å². The van der Waals surface area contributed by atoms with Gasteiger partial charge in [-0.25, -0.2) is 4.98 Å². The summed E-state index contributed by atoms with van der Waals surface area (Å²) < 4.78 is 8.53. The molecule has 0 N–H and O–H groups in total. The van der Waals surface area contributed by atoms with Crippen LogP contribution in [-0.2, 0) is 13.1 Å². The van der Waals surface area contributed by atoms with E-state index in [9.17, 15) is 4.79 Å². The number of hydrogen-bond donors (Lipinski definition) is 0. The average Bonchev–Trinajstić information content (AvgIpc) is 3.23. The van der Waals surface area contributed by atoms with Gasteiger partial charge in [-0.2, -0.15) is 0 Å². The number of likely N-dealkylation sites (tertiary alicyclic amines) is 2. The number of nitrogens with zero attached hydrogens (tertiary/aromatic N) is 4. The molecule has 2 aliphatic rings. The monoisotopic (exact) mass is 396 g/mol. The summed E-state index contributed by atoms with van der Waals surface area (Å²) in [4.78, 5) is 21.9. The molecule has 1 amide bonds. The Morgan fingerprint density at radius 3 is 2.62 bits per heavy atom. The first-order chi connectivity index (χ1) is 14.2. The van der Waals surface area contributed by atoms with Crippen LogP contribution in [0.15, 0.2) is 36.7 Å². The van der Waals surface area contributed by atoms with Gasteiger partial charge in [-0.1, -0.05) is 12.1 Å². The largest absolute Gasteiger partial charge is 0.489 e. The fourth-order valence-corrected chi connectivity index (χ4v) is 4.36. The van der Waals surface area contributed by atoms with Crippen molar-refractivity contribution >= 4 is 5.91 Å². The predicted octanol–water partition coefficient (Wildman–Crippen LogP) is 3.57. The van der Waals surface area contributed by atoms with Gasteiger partial charge in [0, 0.05) is 45.1 Å². The van der Waals surface area contributed by atoms with Gasteiger partial charge in [0.25, 0.3) is 5.91 Å². The zero-order valence-corrected chi connectivity index (χ0v) is 17.4. The zero-order chi connectivity index (χ0) is 20.1. The Kier molecular flexibility index (Phi) is 6.49. The lowest BCUT2D eigenvalue weighted by Gasteiger charge is -2.33. The van der Waals surface area contributed by atoms with E-state index in [2.05, 4.69) is 21.4 Å². The second-order valence-corrected chi connectivity index (χ2v) is 8.07. The molecule has 2 aliphatic heterocycles. The number of hydrogen-bond acceptors (Lipinski definition) is 4. The molecule has 1 aromatic carbocycles. The first-order valence-corrected chi connectivity index (χ1v) is 11.0. The number of carbonyl (C=O) groups excluding carboxylic acids is 1. The van der Waals surface area contributed by atoms with Crippen LogP contribution in [0.25, 0.3) is 0 Å². The molecule has 2 saturated heterocycles. The maximum atomic E-state index is 13.0. The van der Waals surface area contributed by atoms with Gasteiger partial charge in [0.15, 0.2) is 0 Å². The Hall–Kier alpha value is -2.34. The highest BCUT2D eigenvalue weighted by atomic mass is 16.5. The molecule has 0 spiro atoms. The molecule has 3 heterocycles. The maximum absolute atomic E-state index is 13.0. The van der Waals surface area contributed by atoms with Crippen LogP contribution >= 0.6 is 0 Å². The van der Waals surface area contributed by atoms with Crippen LogP contribution in [0.4, 0.5) is 0 Å². The van der Waals surface area contributed by atoms with E-state index in [4.69, 9.17) is 4.74 Å². The standard InChI is InChI=1S/C23H32N4O2/c1-2-26-17-12-24-22(26)18-25-15-10-19(11-16-25)29-21-9-5-4-8-20(21)23(28)27-13-6-3-7-14-27/h4-5,8-9,12,17,19H,2-3,6-7,10-11,13-16,18H2,1H3. The van der Waals surface area contributed by atoms with Crippen molar-refractivity contribution in [1.29, 1.82) is 0 Å². The summed E-state index contributed by atoms with van der Waals surface area (Å²) in [6, 6.07) is 7.75. The average molecular weight is 397 g/mol. The highest BCUT2D eigenvalue weighted by molar-refractivity contribution is 5.97. The summed E-state index contributed by atoms with van der Waals surface area (Å²) in [7, 11) is 0. The van der Waals surface area contributed by atoms with E-state index in [-0.39, 0.29) is 12.0 Å². The summed E-state index contributed by atoms with van der Waals surface area (Å²) in [6.07, 6.45) is 9.45. The maximum Gasteiger partial charge on any atom is 0.257 e. The number of para-hydroxylation sites is 1. The fourth-order valence-electron chi connectivity index (χ4n) is 4.36. The van der Waals surface area contributed by atoms with Gasteiger partial charge in [0.2, 0.25) is 0 Å². The van der Waals surface area contributed by atoms with Crippen LogP contribution in [0, 0.1) is 0 Å². The van der Waals surface area contributed by atoms with Crippen molar-refractivity contribution in [2.75, 3.05) is 26.2 Å². The molecule has 1 aromatic heterocycles. The second kappa shape index (κ2) is 9.44. The van der Waals surface area contributed by atoms with Crippen molar-refractivity contribution in [1.82, 2.24) is 19.4 Å². The summed E-state index contributed by atoms with van der Waals surface area (Å²) in [6.45, 7) is 7.69. The molecule has 0 unspecified atom stereocenters. The molecule has 4 rings (SSSR count). The van der Waals surface area contributed by atoms with Crippen molar-refractivity contribution in [3.8, 4) is 5.75 Å². The van der Waals surface area contributed by atoms with Crippen LogP contribution in [0.1, 0.15) is 55.2 Å². The number of aryl methyl sites for hydroxylation is 1. The van der Waals surface area contributed by atoms with Gasteiger partial charge >= 0.3 is 0 Å². The molecule has 2 aromatic rings. The van der Waals surface area contributed by atoms with Gasteiger partial charge in [-0.3, -0.25) is 9.69 Å². The minimum Gasteiger partial charge on any atom is -0.489 e. The number of aromatic nitrogens is 2. The highest BCUT2D eigenvalue weighted by Gasteiger charge is 2.25. The Morgan fingerprint density at radius 1 is 1.10 bits per heavy atom. The van der Waals surface area contributed by atoms with Crippen molar-refractivity contribution in [3.63, 3.8) is 0 Å². The molecule has 0 atom stereocenters. The Balaban J connectivity index is 1.34. The summed E-state index contributed by atoms with van der Waals surface area (Å²) in [5.41, 5.74) is 0.710. The lowest BCUT2D eigenvalue weighted by atomic mass is 10.1. The van der Waals surface area contributed by atoms with E-state index in [1.54, 1.807) is 0 Å². The number of amides is 1. The zero-order valence-electron chi connectivity index (χ0n) is 17.4. The van der Waals surface area contributed by atoms with Crippen LogP contribution in [0.2, 0.25) is 0 Å². The Bertz CT molecular complexity index is 805. The molecule has 6 heteroatoms. The van der Waals surface area contributed by atoms with Crippen molar-refractivity contribution in [3.05, 3.63) is 48.0 Å². The molecule has 0 aliphatic carbocycles. The van der Waals surface area contributed by atoms with Crippen LogP contribution in [0.5, 0.6) is 5.75 Å². The van der Waals surface area contributed by atoms with Crippen LogP contribution < -0.4 is 4.74 Å². The minimum absolute atomic E-state index is 0.115. The second-order valence-electron chi connectivity index (χ2n) is 8.07. The lowest BCUT2D eigenvalue weighted by Crippen LogP contribution is -2.39. The number of piperidine rings is 2. The van der Waals surface area contributed by atoms with Gasteiger partial charge in [0.05, 0.1) is 12.1 Å². The van der Waals surface area contributed by atoms with E-state index in [1.807, 2.05) is 41.6 Å². The lowest BCUT2D eigenvalue weighted by molar-refractivity contribution is 0.0701. The quantitative estimate of drug-likeness (QED) is 0.749. The molecular weight excluding hydrogens is 364 g/mol. The summed E-state index contributed by atoms with van der Waals surface area (Å²) in [5.74, 6) is 1.98. The Labute approximate surface area is 173 Å². The van der Waals surface area contributed by atoms with Crippen LogP contribution in [-0.4, -0.2) is 57.5 Å². The Morgan fingerprint density at radius 2 is 1.86 bits per heavy atom. The van der Waals surface area contributed by atoms with E-state index in [0.717, 1.165) is 76.5 Å². The number of imidazole rings is 1. The van der Waals surface area contributed by atoms with Crippen LogP contribution in [0.3, 0.4) is 0 Å². The first-order valence-electron chi connectivity index (χ1n) is 11.0. The van der Waals surface area contributed by atoms with Gasteiger partial charge in [0.1, 0.15) is 17.7 Å². The normalized spacial score (nSPS) is 18.7. The molecule has 0 radical (unpaired) electrons. The third-order valence-corrected chi connectivity index (χ3v) is 6.10. The molecule has 0 bridgehead atoms. The molecule has 2 fully saturated rings. The van der Waals surface area contributed by atoms with E-state index in [1.165, 1.54) is 6.42 Å². The van der Waals surface area contributed by atoms with E-state index in [0.29, 0.717) is 5.56 Å². The fraction of sp³-hybridized carbons (Fsp3) is 0.565. The summed E-state index contributed by atoms with van der Waals surface area (Å²) >= 11 is 0. The summed E-state index contributed by atoms with van der Waals surface area (Å²) in [5, 5.41) is 0. The smallest absolute Gasteiger partial charge is 0.257 e. The molecular formula is C23H32N4O2. The molecule has 156 valence electrons. The van der Waals surface area contributed by atoms with Gasteiger partial charge in [-0.15, -0.1) is 0 Å². The number of rotatable bonds is 6. The number of benzene rings is 1. The van der Waals surface area contributed by atoms with Crippen molar-refractivity contribution in [2.45, 2.75) is 58.2 Å². The number of carbonyl (C=O) groups is 1. The predicted molar refractivity (Wildman–Crippen MR) is 113 cm³/mol. The van der Waals surface area contributed by atoms with E-state index >= 15 is 0 Å². The van der Waals surface area contributed by atoms with Gasteiger partial charge in [-0.05, 0) is 51.2 Å². The molecule has 0 saturated carbocycles. The highest BCUT2D eigenvalue weighted by Crippen LogP contribution is 2.26. The van der Waals surface area contributed by atoms with Crippen molar-refractivity contribution in [2.24, 2.45) is 0 Å². The first kappa shape index (κ1) is 20.0. The van der Waals surface area contributed by atoms with Crippen molar-refractivity contribution < 1.29 is 9.53 Å². The number of ether oxygens (including phenoxy) is 1.